The van der Waals surface area contributed by atoms with E-state index in [9.17, 15) is 4.79 Å². The van der Waals surface area contributed by atoms with Gasteiger partial charge in [0.15, 0.2) is 0 Å². The Morgan fingerprint density at radius 3 is 2.53 bits per heavy atom. The molecule has 0 bridgehead atoms. The standard InChI is InChI=1S/C29H31N3O2/c1-20-9-6-12-24(17-20)32-19-23(18-27(32)33)29-30-25-13-4-5-14-26(25)31(29)15-8-16-34-28-21(2)10-7-11-22(28)3/h4-7,9-14,17,23H,8,15-16,18-19H2,1-3H3. The molecule has 2 heterocycles. The van der Waals surface area contributed by atoms with E-state index < -0.39 is 0 Å². The van der Waals surface area contributed by atoms with Gasteiger partial charge in [0.2, 0.25) is 5.91 Å². The van der Waals surface area contributed by atoms with E-state index in [0.717, 1.165) is 58.0 Å². The van der Waals surface area contributed by atoms with Crippen LogP contribution in [-0.2, 0) is 11.3 Å². The lowest BCUT2D eigenvalue weighted by Gasteiger charge is -2.18. The molecule has 1 saturated heterocycles. The number of hydrogen-bond donors (Lipinski definition) is 0. The van der Waals surface area contributed by atoms with Crippen LogP contribution in [0, 0.1) is 20.8 Å². The molecule has 174 valence electrons. The number of para-hydroxylation sites is 3. The lowest BCUT2D eigenvalue weighted by Crippen LogP contribution is -2.24. The zero-order chi connectivity index (χ0) is 23.7. The summed E-state index contributed by atoms with van der Waals surface area (Å²) in [5.74, 6) is 2.21. The Hall–Kier alpha value is -3.60. The molecule has 1 aromatic heterocycles. The number of rotatable bonds is 7. The Morgan fingerprint density at radius 2 is 1.74 bits per heavy atom. The number of hydrogen-bond acceptors (Lipinski definition) is 3. The quantitative estimate of drug-likeness (QED) is 0.325. The topological polar surface area (TPSA) is 47.4 Å². The predicted octanol–water partition coefficient (Wildman–Crippen LogP) is 5.95. The first kappa shape index (κ1) is 22.2. The molecule has 4 aromatic rings. The van der Waals surface area contributed by atoms with E-state index in [2.05, 4.69) is 73.9 Å². The highest BCUT2D eigenvalue weighted by molar-refractivity contribution is 5.96. The van der Waals surface area contributed by atoms with Crippen molar-refractivity contribution in [2.75, 3.05) is 18.1 Å². The van der Waals surface area contributed by atoms with Crippen LogP contribution in [0.2, 0.25) is 0 Å². The number of anilines is 1. The highest BCUT2D eigenvalue weighted by Gasteiger charge is 2.34. The van der Waals surface area contributed by atoms with Crippen LogP contribution in [-0.4, -0.2) is 28.6 Å². The second-order valence-electron chi connectivity index (χ2n) is 9.28. The Labute approximate surface area is 201 Å². The monoisotopic (exact) mass is 453 g/mol. The molecule has 1 atom stereocenters. The highest BCUT2D eigenvalue weighted by Crippen LogP contribution is 2.33. The Morgan fingerprint density at radius 1 is 0.971 bits per heavy atom. The zero-order valence-corrected chi connectivity index (χ0v) is 20.1. The van der Waals surface area contributed by atoms with Gasteiger partial charge in [0, 0.05) is 31.1 Å². The van der Waals surface area contributed by atoms with Crippen LogP contribution in [0.25, 0.3) is 11.0 Å². The maximum Gasteiger partial charge on any atom is 0.227 e. The minimum absolute atomic E-state index is 0.0694. The van der Waals surface area contributed by atoms with Crippen LogP contribution >= 0.6 is 0 Å². The summed E-state index contributed by atoms with van der Waals surface area (Å²) in [6, 6.07) is 22.6. The third-order valence-corrected chi connectivity index (χ3v) is 6.67. The lowest BCUT2D eigenvalue weighted by molar-refractivity contribution is -0.117. The van der Waals surface area contributed by atoms with Crippen LogP contribution < -0.4 is 9.64 Å². The lowest BCUT2D eigenvalue weighted by atomic mass is 10.1. The molecule has 1 unspecified atom stereocenters. The Balaban J connectivity index is 1.36. The zero-order valence-electron chi connectivity index (χ0n) is 20.1. The number of benzene rings is 3. The van der Waals surface area contributed by atoms with Gasteiger partial charge in [0.05, 0.1) is 17.6 Å². The van der Waals surface area contributed by atoms with Gasteiger partial charge in [0.25, 0.3) is 0 Å². The molecule has 0 N–H and O–H groups in total. The van der Waals surface area contributed by atoms with E-state index in [1.165, 1.54) is 0 Å². The molecular formula is C29H31N3O2. The molecule has 3 aromatic carbocycles. The van der Waals surface area contributed by atoms with Gasteiger partial charge in [-0.3, -0.25) is 4.79 Å². The third kappa shape index (κ3) is 4.30. The summed E-state index contributed by atoms with van der Waals surface area (Å²) in [6.45, 7) is 8.32. The first-order valence-corrected chi connectivity index (χ1v) is 12.0. The average Bonchev–Trinajstić information content (AvgIpc) is 3.39. The average molecular weight is 454 g/mol. The van der Waals surface area contributed by atoms with Crippen molar-refractivity contribution in [3.63, 3.8) is 0 Å². The third-order valence-electron chi connectivity index (χ3n) is 6.67. The van der Waals surface area contributed by atoms with E-state index in [1.54, 1.807) is 0 Å². The summed E-state index contributed by atoms with van der Waals surface area (Å²) >= 11 is 0. The fourth-order valence-corrected chi connectivity index (χ4v) is 4.99. The summed E-state index contributed by atoms with van der Waals surface area (Å²) in [7, 11) is 0. The first-order valence-electron chi connectivity index (χ1n) is 12.0. The Kier molecular flexibility index (Phi) is 6.10. The SMILES string of the molecule is Cc1cccc(N2CC(c3nc4ccccc4n3CCCOc3c(C)cccc3C)CC2=O)c1. The number of carbonyl (C=O) groups is 1. The van der Waals surface area contributed by atoms with Gasteiger partial charge >= 0.3 is 0 Å². The van der Waals surface area contributed by atoms with Gasteiger partial charge < -0.3 is 14.2 Å². The van der Waals surface area contributed by atoms with Crippen molar-refractivity contribution in [3.8, 4) is 5.75 Å². The minimum atomic E-state index is 0.0694. The smallest absolute Gasteiger partial charge is 0.227 e. The van der Waals surface area contributed by atoms with Crippen LogP contribution in [0.1, 0.15) is 41.3 Å². The molecule has 34 heavy (non-hydrogen) atoms. The van der Waals surface area contributed by atoms with Gasteiger partial charge in [-0.2, -0.15) is 0 Å². The van der Waals surface area contributed by atoms with Crippen LogP contribution in [0.3, 0.4) is 0 Å². The van der Waals surface area contributed by atoms with Crippen molar-refractivity contribution in [2.24, 2.45) is 0 Å². The van der Waals surface area contributed by atoms with E-state index in [0.29, 0.717) is 19.6 Å². The van der Waals surface area contributed by atoms with Crippen molar-refractivity contribution >= 4 is 22.6 Å². The van der Waals surface area contributed by atoms with E-state index in [1.807, 2.05) is 23.1 Å². The molecule has 0 aliphatic carbocycles. The number of aryl methyl sites for hydroxylation is 4. The molecule has 0 spiro atoms. The molecular weight excluding hydrogens is 422 g/mol. The van der Waals surface area contributed by atoms with Crippen molar-refractivity contribution < 1.29 is 9.53 Å². The fraction of sp³-hybridized carbons (Fsp3) is 0.310. The molecule has 1 fully saturated rings. The van der Waals surface area contributed by atoms with Crippen molar-refractivity contribution in [1.29, 1.82) is 0 Å². The van der Waals surface area contributed by atoms with Crippen LogP contribution in [0.5, 0.6) is 5.75 Å². The molecule has 5 rings (SSSR count). The summed E-state index contributed by atoms with van der Waals surface area (Å²) in [6.07, 6.45) is 1.35. The van der Waals surface area contributed by atoms with Crippen LogP contribution in [0.4, 0.5) is 5.69 Å². The normalized spacial score (nSPS) is 15.9. The predicted molar refractivity (Wildman–Crippen MR) is 137 cm³/mol. The summed E-state index contributed by atoms with van der Waals surface area (Å²) in [5.41, 5.74) is 6.55. The molecule has 1 aliphatic heterocycles. The second-order valence-corrected chi connectivity index (χ2v) is 9.28. The maximum atomic E-state index is 12.9. The summed E-state index contributed by atoms with van der Waals surface area (Å²) < 4.78 is 8.44. The van der Waals surface area contributed by atoms with Crippen molar-refractivity contribution in [3.05, 3.63) is 89.2 Å². The van der Waals surface area contributed by atoms with Crippen molar-refractivity contribution in [2.45, 2.75) is 46.1 Å². The summed E-state index contributed by atoms with van der Waals surface area (Å²) in [4.78, 5) is 19.8. The van der Waals surface area contributed by atoms with Gasteiger partial charge in [-0.1, -0.05) is 42.5 Å². The molecule has 0 saturated carbocycles. The van der Waals surface area contributed by atoms with Gasteiger partial charge in [-0.05, 0) is 68.1 Å². The second kappa shape index (κ2) is 9.34. The van der Waals surface area contributed by atoms with Crippen LogP contribution in [0.15, 0.2) is 66.7 Å². The highest BCUT2D eigenvalue weighted by atomic mass is 16.5. The number of aromatic nitrogens is 2. The summed E-state index contributed by atoms with van der Waals surface area (Å²) in [5, 5.41) is 0. The first-order chi connectivity index (χ1) is 16.5. The number of carbonyl (C=O) groups excluding carboxylic acids is 1. The molecule has 5 nitrogen and oxygen atoms in total. The molecule has 0 radical (unpaired) electrons. The minimum Gasteiger partial charge on any atom is -0.493 e. The fourth-order valence-electron chi connectivity index (χ4n) is 4.99. The maximum absolute atomic E-state index is 12.9. The number of nitrogens with zero attached hydrogens (tertiary/aromatic N) is 3. The van der Waals surface area contributed by atoms with E-state index in [4.69, 9.17) is 9.72 Å². The molecule has 1 amide bonds. The molecule has 5 heteroatoms. The van der Waals surface area contributed by atoms with Gasteiger partial charge in [-0.25, -0.2) is 4.98 Å². The Bertz CT molecular complexity index is 1320. The van der Waals surface area contributed by atoms with Gasteiger partial charge in [-0.15, -0.1) is 0 Å². The molecule has 1 aliphatic rings. The number of imidazole rings is 1. The van der Waals surface area contributed by atoms with Gasteiger partial charge in [0.1, 0.15) is 11.6 Å². The number of ether oxygens (including phenoxy) is 1. The number of amides is 1. The van der Waals surface area contributed by atoms with E-state index >= 15 is 0 Å². The largest absolute Gasteiger partial charge is 0.493 e. The number of fused-ring (bicyclic) bond motifs is 1. The van der Waals surface area contributed by atoms with E-state index in [-0.39, 0.29) is 11.8 Å². The van der Waals surface area contributed by atoms with Crippen molar-refractivity contribution in [1.82, 2.24) is 9.55 Å².